The van der Waals surface area contributed by atoms with Gasteiger partial charge in [0.15, 0.2) is 10.0 Å². The van der Waals surface area contributed by atoms with Gasteiger partial charge in [0.1, 0.15) is 4.90 Å². The van der Waals surface area contributed by atoms with Crippen LogP contribution in [0.3, 0.4) is 0 Å². The fourth-order valence-electron chi connectivity index (χ4n) is 1.69. The first kappa shape index (κ1) is 14.4. The average Bonchev–Trinajstić information content (AvgIpc) is 3.18. The third-order valence-electron chi connectivity index (χ3n) is 2.82. The van der Waals surface area contributed by atoms with Crippen molar-refractivity contribution in [3.05, 3.63) is 29.8 Å². The first-order chi connectivity index (χ1) is 9.98. The quantitative estimate of drug-likeness (QED) is 0.791. The molecule has 0 saturated carbocycles. The van der Waals surface area contributed by atoms with Gasteiger partial charge in [-0.25, -0.2) is 12.7 Å². The lowest BCUT2D eigenvalue weighted by Crippen LogP contribution is -2.21. The molecule has 0 aliphatic heterocycles. The maximum absolute atomic E-state index is 12.0. The molecule has 0 aliphatic carbocycles. The highest BCUT2D eigenvalue weighted by molar-refractivity contribution is 7.89. The Bertz CT molecular complexity index is 847. The zero-order chi connectivity index (χ0) is 15.0. The average molecular weight is 340 g/mol. The summed E-state index contributed by atoms with van der Waals surface area (Å²) in [5.74, 6) is 0. The van der Waals surface area contributed by atoms with Gasteiger partial charge in [0, 0.05) is 20.3 Å². The van der Waals surface area contributed by atoms with Crippen molar-refractivity contribution in [1.82, 2.24) is 19.5 Å². The van der Waals surface area contributed by atoms with Crippen molar-refractivity contribution in [3.63, 3.8) is 0 Å². The van der Waals surface area contributed by atoms with E-state index in [-0.39, 0.29) is 4.90 Å². The second-order valence-electron chi connectivity index (χ2n) is 4.43. The van der Waals surface area contributed by atoms with E-state index in [2.05, 4.69) is 15.2 Å². The number of aromatic nitrogens is 3. The number of hydrogen-bond acceptors (Lipinski definition) is 6. The second kappa shape index (κ2) is 5.34. The maximum atomic E-state index is 12.0. The fraction of sp³-hybridized carbons (Fsp3) is 0.167. The zero-order valence-corrected chi connectivity index (χ0v) is 13.7. The van der Waals surface area contributed by atoms with Crippen molar-refractivity contribution in [2.45, 2.75) is 4.90 Å². The van der Waals surface area contributed by atoms with Gasteiger partial charge in [-0.15, -0.1) is 21.5 Å². The zero-order valence-electron chi connectivity index (χ0n) is 11.3. The summed E-state index contributed by atoms with van der Waals surface area (Å²) in [7, 11) is -0.436. The van der Waals surface area contributed by atoms with Crippen molar-refractivity contribution in [2.75, 3.05) is 14.1 Å². The minimum atomic E-state index is -3.44. The van der Waals surface area contributed by atoms with Gasteiger partial charge in [0.2, 0.25) is 10.0 Å². The number of rotatable bonds is 4. The Kier molecular flexibility index (Phi) is 3.66. The molecule has 1 N–H and O–H groups in total. The standard InChI is InChI=1S/C12H12N4O2S3/c1-16(2)21(17,18)8-6-9(13-7-8)11-14-15-12(20-11)10-4-3-5-19-10/h3-7,13H,1-2H3. The molecule has 6 nitrogen and oxygen atoms in total. The summed E-state index contributed by atoms with van der Waals surface area (Å²) in [4.78, 5) is 4.21. The number of aromatic amines is 1. The molecule has 0 amide bonds. The molecule has 0 aromatic carbocycles. The molecule has 0 unspecified atom stereocenters. The van der Waals surface area contributed by atoms with Gasteiger partial charge >= 0.3 is 0 Å². The van der Waals surface area contributed by atoms with Gasteiger partial charge in [0.25, 0.3) is 0 Å². The summed E-state index contributed by atoms with van der Waals surface area (Å²) in [6, 6.07) is 5.51. The molecule has 110 valence electrons. The number of nitrogens with zero attached hydrogens (tertiary/aromatic N) is 3. The summed E-state index contributed by atoms with van der Waals surface area (Å²) in [5, 5.41) is 11.7. The van der Waals surface area contributed by atoms with Crippen molar-refractivity contribution < 1.29 is 8.42 Å². The lowest BCUT2D eigenvalue weighted by molar-refractivity contribution is 0.521. The predicted molar refractivity (Wildman–Crippen MR) is 83.9 cm³/mol. The Morgan fingerprint density at radius 2 is 2.00 bits per heavy atom. The van der Waals surface area contributed by atoms with E-state index in [1.165, 1.54) is 35.9 Å². The lowest BCUT2D eigenvalue weighted by atomic mass is 10.5. The SMILES string of the molecule is CN(C)S(=O)(=O)c1c[nH]c(-c2nnc(-c3cccs3)s2)c1. The second-order valence-corrected chi connectivity index (χ2v) is 8.50. The molecule has 0 radical (unpaired) electrons. The Hall–Kier alpha value is -1.55. The van der Waals surface area contributed by atoms with Gasteiger partial charge in [-0.2, -0.15) is 0 Å². The van der Waals surface area contributed by atoms with E-state index in [4.69, 9.17) is 0 Å². The van der Waals surface area contributed by atoms with Crippen LogP contribution in [0.2, 0.25) is 0 Å². The van der Waals surface area contributed by atoms with E-state index >= 15 is 0 Å². The van der Waals surface area contributed by atoms with E-state index in [1.807, 2.05) is 17.5 Å². The number of hydrogen-bond donors (Lipinski definition) is 1. The molecule has 21 heavy (non-hydrogen) atoms. The monoisotopic (exact) mass is 340 g/mol. The molecular weight excluding hydrogens is 328 g/mol. The van der Waals surface area contributed by atoms with Crippen molar-refractivity contribution in [2.24, 2.45) is 0 Å². The minimum Gasteiger partial charge on any atom is -0.358 e. The van der Waals surface area contributed by atoms with Crippen molar-refractivity contribution in [3.8, 4) is 20.6 Å². The summed E-state index contributed by atoms with van der Waals surface area (Å²) < 4.78 is 25.3. The van der Waals surface area contributed by atoms with E-state index < -0.39 is 10.0 Å². The number of thiophene rings is 1. The minimum absolute atomic E-state index is 0.218. The first-order valence-electron chi connectivity index (χ1n) is 5.97. The molecule has 0 spiro atoms. The summed E-state index contributed by atoms with van der Waals surface area (Å²) in [6.45, 7) is 0. The largest absolute Gasteiger partial charge is 0.358 e. The third kappa shape index (κ3) is 2.64. The van der Waals surface area contributed by atoms with Crippen LogP contribution in [0.15, 0.2) is 34.7 Å². The molecule has 0 atom stereocenters. The maximum Gasteiger partial charge on any atom is 0.244 e. The Balaban J connectivity index is 1.94. The van der Waals surface area contributed by atoms with Gasteiger partial charge in [-0.3, -0.25) is 0 Å². The number of nitrogens with one attached hydrogen (secondary N) is 1. The van der Waals surface area contributed by atoms with Gasteiger partial charge in [0.05, 0.1) is 10.6 Å². The van der Waals surface area contributed by atoms with E-state index in [1.54, 1.807) is 17.4 Å². The summed E-state index contributed by atoms with van der Waals surface area (Å²) >= 11 is 3.02. The van der Waals surface area contributed by atoms with Gasteiger partial charge < -0.3 is 4.98 Å². The lowest BCUT2D eigenvalue weighted by Gasteiger charge is -2.08. The molecule has 0 saturated heterocycles. The van der Waals surface area contributed by atoms with Crippen molar-refractivity contribution in [1.29, 1.82) is 0 Å². The summed E-state index contributed by atoms with van der Waals surface area (Å²) in [6.07, 6.45) is 1.47. The number of sulfonamides is 1. The Labute approximate surface area is 130 Å². The molecule has 3 aromatic rings. The van der Waals surface area contributed by atoms with Gasteiger partial charge in [-0.1, -0.05) is 17.4 Å². The molecule has 0 bridgehead atoms. The third-order valence-corrected chi connectivity index (χ3v) is 6.61. The molecule has 3 rings (SSSR count). The molecular formula is C12H12N4O2S3. The van der Waals surface area contributed by atoms with E-state index in [0.29, 0.717) is 10.7 Å². The van der Waals surface area contributed by atoms with Crippen LogP contribution in [-0.2, 0) is 10.0 Å². The van der Waals surface area contributed by atoms with Crippen LogP contribution in [0.4, 0.5) is 0 Å². The van der Waals surface area contributed by atoms with Crippen LogP contribution in [0.5, 0.6) is 0 Å². The van der Waals surface area contributed by atoms with Crippen LogP contribution < -0.4 is 0 Å². The van der Waals surface area contributed by atoms with E-state index in [0.717, 1.165) is 9.88 Å². The Morgan fingerprint density at radius 3 is 2.67 bits per heavy atom. The van der Waals surface area contributed by atoms with Gasteiger partial charge in [-0.05, 0) is 17.5 Å². The topological polar surface area (TPSA) is 79.0 Å². The van der Waals surface area contributed by atoms with Crippen LogP contribution in [0.1, 0.15) is 0 Å². The summed E-state index contributed by atoms with van der Waals surface area (Å²) in [5.41, 5.74) is 0.649. The van der Waals surface area contributed by atoms with Crippen LogP contribution in [0.25, 0.3) is 20.6 Å². The first-order valence-corrected chi connectivity index (χ1v) is 9.11. The molecule has 0 aliphatic rings. The van der Waals surface area contributed by atoms with Crippen molar-refractivity contribution >= 4 is 32.7 Å². The number of H-pyrrole nitrogens is 1. The Morgan fingerprint density at radius 1 is 1.24 bits per heavy atom. The smallest absolute Gasteiger partial charge is 0.244 e. The van der Waals surface area contributed by atoms with Crippen LogP contribution in [0, 0.1) is 0 Å². The fourth-order valence-corrected chi connectivity index (χ4v) is 4.20. The molecule has 0 fully saturated rings. The highest BCUT2D eigenvalue weighted by Crippen LogP contribution is 2.32. The highest BCUT2D eigenvalue weighted by atomic mass is 32.2. The van der Waals surface area contributed by atoms with Crippen LogP contribution >= 0.6 is 22.7 Å². The van der Waals surface area contributed by atoms with E-state index in [9.17, 15) is 8.42 Å². The highest BCUT2D eigenvalue weighted by Gasteiger charge is 2.20. The molecule has 3 heterocycles. The molecule has 9 heteroatoms. The molecule has 3 aromatic heterocycles. The normalized spacial score (nSPS) is 12.1. The predicted octanol–water partition coefficient (Wildman–Crippen LogP) is 2.51. The van der Waals surface area contributed by atoms with Crippen LogP contribution in [-0.4, -0.2) is 42.0 Å².